The predicted molar refractivity (Wildman–Crippen MR) is 72.7 cm³/mol. The second-order valence-electron chi connectivity index (χ2n) is 4.61. The van der Waals surface area contributed by atoms with E-state index in [1.807, 2.05) is 26.0 Å². The number of nitrogens with zero attached hydrogens (tertiary/aromatic N) is 1. The number of methoxy groups -OCH3 is 2. The highest BCUT2D eigenvalue weighted by atomic mass is 16.5. The number of amides is 1. The van der Waals surface area contributed by atoms with Crippen LogP contribution in [0.2, 0.25) is 0 Å². The Kier molecular flexibility index (Phi) is 3.74. The van der Waals surface area contributed by atoms with Crippen molar-refractivity contribution in [2.24, 2.45) is 11.0 Å². The molecular formula is C14H18N2O3. The molecule has 0 fully saturated rings. The number of ether oxygens (including phenoxy) is 2. The van der Waals surface area contributed by atoms with Crippen LogP contribution in [0.25, 0.3) is 0 Å². The summed E-state index contributed by atoms with van der Waals surface area (Å²) in [6.07, 6.45) is 0.438. The van der Waals surface area contributed by atoms with Crippen molar-refractivity contribution in [2.45, 2.75) is 20.3 Å². The minimum Gasteiger partial charge on any atom is -0.496 e. The SMILES string of the molecule is COc1ccc(C2=NNC(=O)CC2C)c(OC)c1C. The number of carbonyl (C=O) groups excluding carboxylic acids is 1. The van der Waals surface area contributed by atoms with E-state index in [0.29, 0.717) is 6.42 Å². The number of hydrogen-bond donors (Lipinski definition) is 1. The van der Waals surface area contributed by atoms with Gasteiger partial charge in [-0.2, -0.15) is 5.10 Å². The molecule has 0 spiro atoms. The van der Waals surface area contributed by atoms with Crippen LogP contribution in [-0.4, -0.2) is 25.8 Å². The summed E-state index contributed by atoms with van der Waals surface area (Å²) in [6.45, 7) is 3.92. The van der Waals surface area contributed by atoms with Gasteiger partial charge in [-0.05, 0) is 19.1 Å². The molecule has 1 amide bonds. The standard InChI is InChI=1S/C14H18N2O3/c1-8-7-12(17)15-16-13(8)10-5-6-11(18-3)9(2)14(10)19-4/h5-6,8H,7H2,1-4H3,(H,15,17). The van der Waals surface area contributed by atoms with E-state index in [4.69, 9.17) is 9.47 Å². The van der Waals surface area contributed by atoms with Crippen molar-refractivity contribution < 1.29 is 14.3 Å². The molecule has 2 rings (SSSR count). The molecule has 0 saturated heterocycles. The van der Waals surface area contributed by atoms with E-state index in [1.54, 1.807) is 14.2 Å². The van der Waals surface area contributed by atoms with E-state index in [2.05, 4.69) is 10.5 Å². The number of benzene rings is 1. The third kappa shape index (κ3) is 2.41. The van der Waals surface area contributed by atoms with Crippen LogP contribution in [0.15, 0.2) is 17.2 Å². The zero-order valence-corrected chi connectivity index (χ0v) is 11.6. The lowest BCUT2D eigenvalue weighted by Crippen LogP contribution is -2.32. The molecule has 0 aliphatic carbocycles. The zero-order valence-electron chi connectivity index (χ0n) is 11.6. The highest BCUT2D eigenvalue weighted by Gasteiger charge is 2.25. The highest BCUT2D eigenvalue weighted by Crippen LogP contribution is 2.33. The Balaban J connectivity index is 2.51. The van der Waals surface area contributed by atoms with Crippen LogP contribution in [0.5, 0.6) is 11.5 Å². The first-order chi connectivity index (χ1) is 9.08. The molecule has 1 aromatic carbocycles. The van der Waals surface area contributed by atoms with Gasteiger partial charge in [-0.3, -0.25) is 4.79 Å². The third-order valence-electron chi connectivity index (χ3n) is 3.32. The fraction of sp³-hybridized carbons (Fsp3) is 0.429. The van der Waals surface area contributed by atoms with Gasteiger partial charge >= 0.3 is 0 Å². The average Bonchev–Trinajstić information content (AvgIpc) is 2.38. The zero-order chi connectivity index (χ0) is 14.0. The van der Waals surface area contributed by atoms with Gasteiger partial charge in [0.25, 0.3) is 0 Å². The first kappa shape index (κ1) is 13.4. The van der Waals surface area contributed by atoms with E-state index < -0.39 is 0 Å². The van der Waals surface area contributed by atoms with E-state index >= 15 is 0 Å². The minimum absolute atomic E-state index is 0.0551. The van der Waals surface area contributed by atoms with Gasteiger partial charge in [0.1, 0.15) is 11.5 Å². The topological polar surface area (TPSA) is 59.9 Å². The van der Waals surface area contributed by atoms with E-state index in [9.17, 15) is 4.79 Å². The first-order valence-electron chi connectivity index (χ1n) is 6.16. The molecule has 0 saturated carbocycles. The number of nitrogens with one attached hydrogen (secondary N) is 1. The smallest absolute Gasteiger partial charge is 0.240 e. The summed E-state index contributed by atoms with van der Waals surface area (Å²) in [7, 11) is 3.25. The summed E-state index contributed by atoms with van der Waals surface area (Å²) in [5, 5.41) is 4.16. The molecule has 1 aliphatic rings. The number of rotatable bonds is 3. The maximum Gasteiger partial charge on any atom is 0.240 e. The molecular weight excluding hydrogens is 244 g/mol. The lowest BCUT2D eigenvalue weighted by molar-refractivity contribution is -0.121. The lowest BCUT2D eigenvalue weighted by Gasteiger charge is -2.22. The van der Waals surface area contributed by atoms with Gasteiger partial charge in [0.05, 0.1) is 19.9 Å². The quantitative estimate of drug-likeness (QED) is 0.904. The molecule has 1 aromatic rings. The Hall–Kier alpha value is -2.04. The van der Waals surface area contributed by atoms with Gasteiger partial charge in [-0.25, -0.2) is 5.43 Å². The van der Waals surface area contributed by atoms with Crippen LogP contribution in [0.4, 0.5) is 0 Å². The van der Waals surface area contributed by atoms with Gasteiger partial charge in [0.2, 0.25) is 5.91 Å². The molecule has 1 atom stereocenters. The molecule has 102 valence electrons. The molecule has 0 radical (unpaired) electrons. The van der Waals surface area contributed by atoms with Crippen molar-refractivity contribution in [1.29, 1.82) is 0 Å². The Morgan fingerprint density at radius 3 is 2.63 bits per heavy atom. The van der Waals surface area contributed by atoms with E-state index in [-0.39, 0.29) is 11.8 Å². The molecule has 5 heteroatoms. The van der Waals surface area contributed by atoms with Crippen LogP contribution < -0.4 is 14.9 Å². The second kappa shape index (κ2) is 5.30. The number of carbonyl (C=O) groups is 1. The van der Waals surface area contributed by atoms with Crippen LogP contribution in [0.3, 0.4) is 0 Å². The Labute approximate surface area is 112 Å². The summed E-state index contributed by atoms with van der Waals surface area (Å²) < 4.78 is 10.8. The van der Waals surface area contributed by atoms with Crippen molar-refractivity contribution in [3.8, 4) is 11.5 Å². The van der Waals surface area contributed by atoms with Crippen molar-refractivity contribution in [3.63, 3.8) is 0 Å². The van der Waals surface area contributed by atoms with Gasteiger partial charge < -0.3 is 9.47 Å². The summed E-state index contributed by atoms with van der Waals surface area (Å²) in [4.78, 5) is 11.3. The summed E-state index contributed by atoms with van der Waals surface area (Å²) in [5.74, 6) is 1.52. The largest absolute Gasteiger partial charge is 0.496 e. The van der Waals surface area contributed by atoms with Gasteiger partial charge in [-0.1, -0.05) is 6.92 Å². The molecule has 1 heterocycles. The molecule has 0 aromatic heterocycles. The average molecular weight is 262 g/mol. The fourth-order valence-corrected chi connectivity index (χ4v) is 2.34. The molecule has 0 bridgehead atoms. The van der Waals surface area contributed by atoms with Crippen LogP contribution in [0.1, 0.15) is 24.5 Å². The molecule has 1 unspecified atom stereocenters. The second-order valence-corrected chi connectivity index (χ2v) is 4.61. The van der Waals surface area contributed by atoms with Crippen LogP contribution in [0, 0.1) is 12.8 Å². The Bertz CT molecular complexity index is 538. The minimum atomic E-state index is -0.0551. The van der Waals surface area contributed by atoms with Crippen molar-refractivity contribution in [1.82, 2.24) is 5.43 Å². The van der Waals surface area contributed by atoms with Crippen molar-refractivity contribution in [3.05, 3.63) is 23.3 Å². The summed E-state index contributed by atoms with van der Waals surface area (Å²) >= 11 is 0. The van der Waals surface area contributed by atoms with Gasteiger partial charge in [-0.15, -0.1) is 0 Å². The summed E-state index contributed by atoms with van der Waals surface area (Å²) in [5.41, 5.74) is 5.18. The molecule has 1 N–H and O–H groups in total. The summed E-state index contributed by atoms with van der Waals surface area (Å²) in [6, 6.07) is 3.80. The number of hydrazone groups is 1. The monoisotopic (exact) mass is 262 g/mol. The highest BCUT2D eigenvalue weighted by molar-refractivity contribution is 6.07. The molecule has 5 nitrogen and oxygen atoms in total. The third-order valence-corrected chi connectivity index (χ3v) is 3.32. The van der Waals surface area contributed by atoms with E-state index in [1.165, 1.54) is 0 Å². The Morgan fingerprint density at radius 2 is 2.05 bits per heavy atom. The molecule has 1 aliphatic heterocycles. The maximum absolute atomic E-state index is 11.3. The Morgan fingerprint density at radius 1 is 1.32 bits per heavy atom. The van der Waals surface area contributed by atoms with Crippen LogP contribution >= 0.6 is 0 Å². The predicted octanol–water partition coefficient (Wildman–Crippen LogP) is 1.87. The van der Waals surface area contributed by atoms with Crippen molar-refractivity contribution in [2.75, 3.05) is 14.2 Å². The molecule has 19 heavy (non-hydrogen) atoms. The van der Waals surface area contributed by atoms with Crippen LogP contribution in [-0.2, 0) is 4.79 Å². The van der Waals surface area contributed by atoms with Gasteiger partial charge in [0.15, 0.2) is 0 Å². The van der Waals surface area contributed by atoms with Gasteiger partial charge in [0, 0.05) is 23.5 Å². The lowest BCUT2D eigenvalue weighted by atomic mass is 9.92. The number of hydrogen-bond acceptors (Lipinski definition) is 4. The first-order valence-corrected chi connectivity index (χ1v) is 6.16. The van der Waals surface area contributed by atoms with E-state index in [0.717, 1.165) is 28.3 Å². The normalized spacial score (nSPS) is 18.6. The van der Waals surface area contributed by atoms with Crippen molar-refractivity contribution >= 4 is 11.6 Å². The fourth-order valence-electron chi connectivity index (χ4n) is 2.34. The maximum atomic E-state index is 11.3.